The molecule has 7 nitrogen and oxygen atoms in total. The third-order valence-corrected chi connectivity index (χ3v) is 6.81. The number of nitrogens with zero attached hydrogens (tertiary/aromatic N) is 1. The van der Waals surface area contributed by atoms with Crippen LogP contribution < -0.4 is 16.4 Å². The fraction of sp³-hybridized carbons (Fsp3) is 0.375. The third-order valence-electron chi connectivity index (χ3n) is 6.07. The van der Waals surface area contributed by atoms with Crippen LogP contribution in [-0.2, 0) is 9.59 Å². The van der Waals surface area contributed by atoms with Gasteiger partial charge in [0.05, 0.1) is 11.3 Å². The number of hydrogen-bond donors (Lipinski definition) is 3. The number of amides is 3. The lowest BCUT2D eigenvalue weighted by Gasteiger charge is -2.37. The monoisotopic (exact) mass is 452 g/mol. The van der Waals surface area contributed by atoms with Crippen LogP contribution in [0.25, 0.3) is 11.1 Å². The Hall–Kier alpha value is -2.84. The Morgan fingerprint density at radius 2 is 1.94 bits per heavy atom. The van der Waals surface area contributed by atoms with Crippen molar-refractivity contribution in [2.24, 2.45) is 5.73 Å². The minimum atomic E-state index is -0.604. The molecule has 1 saturated heterocycles. The van der Waals surface area contributed by atoms with Crippen LogP contribution in [0.4, 0.5) is 5.69 Å². The van der Waals surface area contributed by atoms with Gasteiger partial charge in [0, 0.05) is 23.9 Å². The second kappa shape index (κ2) is 9.75. The first-order chi connectivity index (χ1) is 15.5. The van der Waals surface area contributed by atoms with Gasteiger partial charge in [0.15, 0.2) is 0 Å². The predicted molar refractivity (Wildman–Crippen MR) is 127 cm³/mol. The molecule has 0 aromatic heterocycles. The number of rotatable bonds is 6. The molecule has 2 aromatic carbocycles. The lowest BCUT2D eigenvalue weighted by molar-refractivity contribution is -0.125. The summed E-state index contributed by atoms with van der Waals surface area (Å²) in [6.07, 6.45) is 4.06. The maximum absolute atomic E-state index is 13.4. The van der Waals surface area contributed by atoms with Crippen molar-refractivity contribution in [1.82, 2.24) is 10.2 Å². The normalized spacial score (nSPS) is 20.1. The molecule has 168 valence electrons. The first-order valence-corrected chi connectivity index (χ1v) is 12.1. The first kappa shape index (κ1) is 22.4. The van der Waals surface area contributed by atoms with Crippen LogP contribution >= 0.6 is 11.8 Å². The number of carbonyl (C=O) groups is 3. The van der Waals surface area contributed by atoms with Gasteiger partial charge in [-0.25, -0.2) is 0 Å². The largest absolute Gasteiger partial charge is 0.353 e. The Bertz CT molecular complexity index is 1020. The van der Waals surface area contributed by atoms with Crippen LogP contribution in [0.2, 0.25) is 0 Å². The van der Waals surface area contributed by atoms with Gasteiger partial charge >= 0.3 is 0 Å². The lowest BCUT2D eigenvalue weighted by atomic mass is 9.95. The maximum atomic E-state index is 13.4. The Morgan fingerprint density at radius 3 is 2.66 bits per heavy atom. The van der Waals surface area contributed by atoms with E-state index in [1.54, 1.807) is 22.7 Å². The van der Waals surface area contributed by atoms with Gasteiger partial charge < -0.3 is 21.3 Å². The molecule has 0 radical (unpaired) electrons. The van der Waals surface area contributed by atoms with Gasteiger partial charge in [-0.05, 0) is 67.5 Å². The van der Waals surface area contributed by atoms with Crippen LogP contribution in [0.3, 0.4) is 0 Å². The number of carbonyl (C=O) groups excluding carboxylic acids is 3. The highest BCUT2D eigenvalue weighted by Crippen LogP contribution is 2.32. The maximum Gasteiger partial charge on any atom is 0.256 e. The highest BCUT2D eigenvalue weighted by molar-refractivity contribution is 7.98. The van der Waals surface area contributed by atoms with Crippen molar-refractivity contribution in [2.45, 2.75) is 42.7 Å². The van der Waals surface area contributed by atoms with Crippen LogP contribution in [0.5, 0.6) is 0 Å². The zero-order valence-electron chi connectivity index (χ0n) is 18.1. The molecular weight excluding hydrogens is 424 g/mol. The lowest BCUT2D eigenvalue weighted by Crippen LogP contribution is -2.55. The Labute approximate surface area is 192 Å². The first-order valence-electron chi connectivity index (χ1n) is 10.9. The molecule has 0 saturated carbocycles. The Balaban J connectivity index is 1.54. The Morgan fingerprint density at radius 1 is 1.19 bits per heavy atom. The summed E-state index contributed by atoms with van der Waals surface area (Å²) in [4.78, 5) is 41.3. The van der Waals surface area contributed by atoms with E-state index < -0.39 is 6.04 Å². The van der Waals surface area contributed by atoms with Gasteiger partial charge in [0.1, 0.15) is 6.04 Å². The second-order valence-corrected chi connectivity index (χ2v) is 9.05. The topological polar surface area (TPSA) is 105 Å². The summed E-state index contributed by atoms with van der Waals surface area (Å²) in [6.45, 7) is 0.887. The number of fused-ring (bicyclic) bond motifs is 2. The molecule has 0 bridgehead atoms. The molecule has 0 aliphatic carbocycles. The molecule has 3 amide bonds. The van der Waals surface area contributed by atoms with Crippen LogP contribution in [0.15, 0.2) is 47.4 Å². The zero-order chi connectivity index (χ0) is 22.7. The van der Waals surface area contributed by atoms with Gasteiger partial charge in [-0.2, -0.15) is 0 Å². The highest BCUT2D eigenvalue weighted by Gasteiger charge is 2.40. The molecule has 1 fully saturated rings. The fourth-order valence-corrected chi connectivity index (χ4v) is 4.72. The highest BCUT2D eigenvalue weighted by atomic mass is 32.2. The zero-order valence-corrected chi connectivity index (χ0v) is 18.9. The fourth-order valence-electron chi connectivity index (χ4n) is 4.31. The van der Waals surface area contributed by atoms with Crippen LogP contribution in [-0.4, -0.2) is 54.1 Å². The van der Waals surface area contributed by atoms with Gasteiger partial charge in [-0.15, -0.1) is 11.8 Å². The van der Waals surface area contributed by atoms with Gasteiger partial charge in [0.25, 0.3) is 5.91 Å². The number of nitrogens with two attached hydrogens (primary N) is 1. The van der Waals surface area contributed by atoms with Crippen molar-refractivity contribution in [3.63, 3.8) is 0 Å². The molecule has 4 N–H and O–H groups in total. The van der Waals surface area contributed by atoms with E-state index in [9.17, 15) is 14.4 Å². The number of anilines is 1. The van der Waals surface area contributed by atoms with Gasteiger partial charge in [-0.3, -0.25) is 14.4 Å². The quantitative estimate of drug-likeness (QED) is 0.585. The SMILES string of the molecule is CSc1ccc(-c2ccc3c(c2)C(=O)N2CC[C@H](NC(=O)CCCN)C[C@H]2C(=O)N3)cc1. The van der Waals surface area contributed by atoms with Crippen molar-refractivity contribution >= 4 is 35.2 Å². The van der Waals surface area contributed by atoms with Crippen molar-refractivity contribution in [2.75, 3.05) is 24.7 Å². The van der Waals surface area contributed by atoms with E-state index in [1.165, 1.54) is 4.90 Å². The molecule has 4 rings (SSSR count). The average Bonchev–Trinajstić information content (AvgIpc) is 2.92. The Kier molecular flexibility index (Phi) is 6.81. The predicted octanol–water partition coefficient (Wildman–Crippen LogP) is 2.86. The summed E-state index contributed by atoms with van der Waals surface area (Å²) in [5, 5.41) is 5.91. The minimum absolute atomic E-state index is 0.0605. The summed E-state index contributed by atoms with van der Waals surface area (Å²) in [5.74, 6) is -0.427. The second-order valence-electron chi connectivity index (χ2n) is 8.17. The molecule has 2 heterocycles. The average molecular weight is 453 g/mol. The summed E-state index contributed by atoms with van der Waals surface area (Å²) in [5.41, 5.74) is 8.45. The molecular formula is C24H28N4O3S. The van der Waals surface area contributed by atoms with E-state index in [0.29, 0.717) is 50.0 Å². The summed E-state index contributed by atoms with van der Waals surface area (Å²) in [6, 6.07) is 13.0. The smallest absolute Gasteiger partial charge is 0.256 e. The van der Waals surface area contributed by atoms with Crippen LogP contribution in [0.1, 0.15) is 36.0 Å². The van der Waals surface area contributed by atoms with Crippen LogP contribution in [0, 0.1) is 0 Å². The third kappa shape index (κ3) is 4.66. The summed E-state index contributed by atoms with van der Waals surface area (Å²) < 4.78 is 0. The number of thioether (sulfide) groups is 1. The summed E-state index contributed by atoms with van der Waals surface area (Å²) >= 11 is 1.68. The number of nitrogens with one attached hydrogen (secondary N) is 2. The minimum Gasteiger partial charge on any atom is -0.353 e. The number of hydrogen-bond acceptors (Lipinski definition) is 5. The standard InChI is InChI=1S/C24H28N4O3S/c1-32-18-7-4-15(5-8-18)16-6-9-20-19(13-16)24(31)28-12-10-17(14-21(28)23(30)27-20)26-22(29)3-2-11-25/h4-9,13,17,21H,2-3,10-12,14,25H2,1H3,(H,26,29)(H,27,30)/t17-,21-/m0/s1. The molecule has 0 spiro atoms. The van der Waals surface area contributed by atoms with Crippen molar-refractivity contribution in [3.05, 3.63) is 48.0 Å². The van der Waals surface area contributed by atoms with E-state index in [4.69, 9.17) is 5.73 Å². The molecule has 32 heavy (non-hydrogen) atoms. The van der Waals surface area contributed by atoms with E-state index in [1.807, 2.05) is 30.5 Å². The number of benzene rings is 2. The van der Waals surface area contributed by atoms with Gasteiger partial charge in [-0.1, -0.05) is 18.2 Å². The molecule has 2 aromatic rings. The van der Waals surface area contributed by atoms with Crippen molar-refractivity contribution in [1.29, 1.82) is 0 Å². The van der Waals surface area contributed by atoms with E-state index in [-0.39, 0.29) is 23.8 Å². The molecule has 2 aliphatic heterocycles. The van der Waals surface area contributed by atoms with E-state index in [0.717, 1.165) is 11.1 Å². The molecule has 2 aliphatic rings. The number of piperidine rings is 1. The van der Waals surface area contributed by atoms with Crippen molar-refractivity contribution in [3.8, 4) is 11.1 Å². The summed E-state index contributed by atoms with van der Waals surface area (Å²) in [7, 11) is 0. The van der Waals surface area contributed by atoms with E-state index >= 15 is 0 Å². The molecule has 0 unspecified atom stereocenters. The van der Waals surface area contributed by atoms with E-state index in [2.05, 4.69) is 22.8 Å². The molecule has 2 atom stereocenters. The molecule has 8 heteroatoms. The van der Waals surface area contributed by atoms with Gasteiger partial charge in [0.2, 0.25) is 11.8 Å². The van der Waals surface area contributed by atoms with Crippen molar-refractivity contribution < 1.29 is 14.4 Å².